The number of carbonyl (C=O) groups excluding carboxylic acids is 1. The predicted octanol–water partition coefficient (Wildman–Crippen LogP) is 3.29. The number of nitrogens with zero attached hydrogens (tertiary/aromatic N) is 2. The molecule has 0 bridgehead atoms. The molecule has 0 aromatic carbocycles. The molecule has 0 aliphatic rings. The molecule has 5 nitrogen and oxygen atoms in total. The third kappa shape index (κ3) is 7.85. The van der Waals surface area contributed by atoms with Crippen molar-refractivity contribution in [3.05, 3.63) is 0 Å². The molecule has 0 saturated heterocycles. The molecule has 0 heterocycles. The highest BCUT2D eigenvalue weighted by atomic mass is 16.6. The molecular weight excluding hydrogens is 220 g/mol. The molecule has 0 amide bonds. The van der Waals surface area contributed by atoms with E-state index in [4.69, 9.17) is 9.47 Å². The molecule has 0 radical (unpaired) electrons. The van der Waals surface area contributed by atoms with Crippen molar-refractivity contribution >= 4 is 5.97 Å². The van der Waals surface area contributed by atoms with Gasteiger partial charge in [0.1, 0.15) is 0 Å². The zero-order chi connectivity index (χ0) is 13.5. The van der Waals surface area contributed by atoms with Crippen LogP contribution in [0.4, 0.5) is 0 Å². The number of hydrogen-bond acceptors (Lipinski definition) is 5. The van der Waals surface area contributed by atoms with E-state index in [0.29, 0.717) is 13.0 Å². The molecule has 0 spiro atoms. The van der Waals surface area contributed by atoms with Crippen molar-refractivity contribution in [2.45, 2.75) is 65.8 Å². The SMILES string of the molecule is CCCOC(C)(C)N=NC(C)(C)OC(=O)CC. The van der Waals surface area contributed by atoms with Crippen molar-refractivity contribution in [3.63, 3.8) is 0 Å². The summed E-state index contributed by atoms with van der Waals surface area (Å²) in [6.45, 7) is 11.4. The largest absolute Gasteiger partial charge is 0.436 e. The predicted molar refractivity (Wildman–Crippen MR) is 65.6 cm³/mol. The van der Waals surface area contributed by atoms with Gasteiger partial charge in [-0.3, -0.25) is 4.79 Å². The highest BCUT2D eigenvalue weighted by Gasteiger charge is 2.24. The molecule has 0 aliphatic heterocycles. The molecule has 0 atom stereocenters. The minimum absolute atomic E-state index is 0.291. The number of ether oxygens (including phenoxy) is 2. The Morgan fingerprint density at radius 1 is 1.06 bits per heavy atom. The standard InChI is InChI=1S/C12H24N2O3/c1-7-9-16-11(3,4)13-14-12(5,6)17-10(15)8-2/h7-9H2,1-6H3. The lowest BCUT2D eigenvalue weighted by atomic mass is 10.3. The summed E-state index contributed by atoms with van der Waals surface area (Å²) in [7, 11) is 0. The molecule has 0 rings (SSSR count). The Balaban J connectivity index is 4.42. The minimum Gasteiger partial charge on any atom is -0.436 e. The Bertz CT molecular complexity index is 273. The highest BCUT2D eigenvalue weighted by molar-refractivity contribution is 5.69. The van der Waals surface area contributed by atoms with Crippen LogP contribution in [-0.2, 0) is 14.3 Å². The maximum atomic E-state index is 11.2. The minimum atomic E-state index is -0.945. The van der Waals surface area contributed by atoms with Crippen molar-refractivity contribution in [2.75, 3.05) is 6.61 Å². The molecule has 0 fully saturated rings. The van der Waals surface area contributed by atoms with E-state index in [2.05, 4.69) is 10.2 Å². The van der Waals surface area contributed by atoms with Crippen LogP contribution in [0.25, 0.3) is 0 Å². The van der Waals surface area contributed by atoms with E-state index in [9.17, 15) is 4.79 Å². The topological polar surface area (TPSA) is 60.3 Å². The van der Waals surface area contributed by atoms with Crippen molar-refractivity contribution < 1.29 is 14.3 Å². The number of carbonyl (C=O) groups is 1. The summed E-state index contributed by atoms with van der Waals surface area (Å²) in [5.41, 5.74) is -1.63. The first kappa shape index (κ1) is 16.0. The lowest BCUT2D eigenvalue weighted by Gasteiger charge is -2.23. The fourth-order valence-electron chi connectivity index (χ4n) is 0.993. The third-order valence-electron chi connectivity index (χ3n) is 1.84. The van der Waals surface area contributed by atoms with Crippen molar-refractivity contribution in [2.24, 2.45) is 10.2 Å². The lowest BCUT2D eigenvalue weighted by molar-refractivity contribution is -0.156. The van der Waals surface area contributed by atoms with Crippen LogP contribution in [0.15, 0.2) is 10.2 Å². The van der Waals surface area contributed by atoms with Crippen LogP contribution in [0.2, 0.25) is 0 Å². The van der Waals surface area contributed by atoms with Crippen LogP contribution in [0.1, 0.15) is 54.4 Å². The van der Waals surface area contributed by atoms with Gasteiger partial charge in [-0.05, 0) is 34.1 Å². The Labute approximate surface area is 104 Å². The quantitative estimate of drug-likeness (QED) is 0.510. The van der Waals surface area contributed by atoms with Gasteiger partial charge in [-0.15, -0.1) is 5.11 Å². The van der Waals surface area contributed by atoms with E-state index in [-0.39, 0.29) is 5.97 Å². The Morgan fingerprint density at radius 2 is 1.59 bits per heavy atom. The van der Waals surface area contributed by atoms with Crippen LogP contribution < -0.4 is 0 Å². The van der Waals surface area contributed by atoms with Crippen molar-refractivity contribution in [3.8, 4) is 0 Å². The second kappa shape index (κ2) is 6.69. The van der Waals surface area contributed by atoms with Gasteiger partial charge in [0.05, 0.1) is 0 Å². The number of hydrogen-bond donors (Lipinski definition) is 0. The zero-order valence-electron chi connectivity index (χ0n) is 11.7. The van der Waals surface area contributed by atoms with Gasteiger partial charge < -0.3 is 9.47 Å². The number of azo groups is 1. The summed E-state index contributed by atoms with van der Waals surface area (Å²) in [6, 6.07) is 0. The maximum Gasteiger partial charge on any atom is 0.307 e. The van der Waals surface area contributed by atoms with Crippen LogP contribution in [-0.4, -0.2) is 24.0 Å². The summed E-state index contributed by atoms with van der Waals surface area (Å²) in [4.78, 5) is 11.2. The number of esters is 1. The van der Waals surface area contributed by atoms with E-state index in [1.54, 1.807) is 20.8 Å². The molecule has 0 N–H and O–H groups in total. The molecule has 0 aliphatic carbocycles. The molecule has 5 heteroatoms. The smallest absolute Gasteiger partial charge is 0.307 e. The summed E-state index contributed by atoms with van der Waals surface area (Å²) in [5.74, 6) is -0.291. The Hall–Kier alpha value is -0.970. The van der Waals surface area contributed by atoms with E-state index in [1.807, 2.05) is 20.8 Å². The summed E-state index contributed by atoms with van der Waals surface area (Å²) >= 11 is 0. The van der Waals surface area contributed by atoms with Crippen LogP contribution in [0.5, 0.6) is 0 Å². The summed E-state index contributed by atoms with van der Waals surface area (Å²) in [6.07, 6.45) is 1.25. The van der Waals surface area contributed by atoms with Crippen LogP contribution >= 0.6 is 0 Å². The van der Waals surface area contributed by atoms with E-state index in [1.165, 1.54) is 0 Å². The van der Waals surface area contributed by atoms with Crippen LogP contribution in [0, 0.1) is 0 Å². The van der Waals surface area contributed by atoms with Gasteiger partial charge in [0, 0.05) is 13.0 Å². The van der Waals surface area contributed by atoms with Gasteiger partial charge in [0.25, 0.3) is 0 Å². The first-order valence-corrected chi connectivity index (χ1v) is 6.02. The van der Waals surface area contributed by atoms with E-state index >= 15 is 0 Å². The van der Waals surface area contributed by atoms with Gasteiger partial charge in [0.15, 0.2) is 5.72 Å². The van der Waals surface area contributed by atoms with Gasteiger partial charge in [-0.2, -0.15) is 5.11 Å². The van der Waals surface area contributed by atoms with E-state index < -0.39 is 11.4 Å². The van der Waals surface area contributed by atoms with E-state index in [0.717, 1.165) is 6.42 Å². The molecule has 17 heavy (non-hydrogen) atoms. The lowest BCUT2D eigenvalue weighted by Crippen LogP contribution is -2.28. The fraction of sp³-hybridized carbons (Fsp3) is 0.917. The average molecular weight is 244 g/mol. The maximum absolute atomic E-state index is 11.2. The first-order valence-electron chi connectivity index (χ1n) is 6.02. The monoisotopic (exact) mass is 244 g/mol. The second-order valence-electron chi connectivity index (χ2n) is 4.77. The molecule has 0 aromatic rings. The molecule has 0 aromatic heterocycles. The van der Waals surface area contributed by atoms with Crippen molar-refractivity contribution in [1.29, 1.82) is 0 Å². The summed E-state index contributed by atoms with van der Waals surface area (Å²) < 4.78 is 10.6. The number of rotatable bonds is 7. The highest BCUT2D eigenvalue weighted by Crippen LogP contribution is 2.18. The molecule has 0 saturated carbocycles. The third-order valence-corrected chi connectivity index (χ3v) is 1.84. The normalized spacial score (nSPS) is 13.1. The van der Waals surface area contributed by atoms with Crippen LogP contribution in [0.3, 0.4) is 0 Å². The first-order chi connectivity index (χ1) is 7.72. The molecule has 100 valence electrons. The van der Waals surface area contributed by atoms with Gasteiger partial charge in [0.2, 0.25) is 5.72 Å². The molecule has 0 unspecified atom stereocenters. The van der Waals surface area contributed by atoms with Gasteiger partial charge in [-0.1, -0.05) is 13.8 Å². The van der Waals surface area contributed by atoms with Gasteiger partial charge in [-0.25, -0.2) is 0 Å². The fourth-order valence-corrected chi connectivity index (χ4v) is 0.993. The summed E-state index contributed by atoms with van der Waals surface area (Å²) in [5, 5.41) is 8.10. The van der Waals surface area contributed by atoms with Crippen molar-refractivity contribution in [1.82, 2.24) is 0 Å². The second-order valence-corrected chi connectivity index (χ2v) is 4.77. The Kier molecular flexibility index (Phi) is 6.31. The average Bonchev–Trinajstić information content (AvgIpc) is 2.23. The zero-order valence-corrected chi connectivity index (χ0v) is 11.7. The molecular formula is C12H24N2O3. The Morgan fingerprint density at radius 3 is 2.06 bits per heavy atom. The van der Waals surface area contributed by atoms with Gasteiger partial charge >= 0.3 is 5.97 Å².